The van der Waals surface area contributed by atoms with Crippen LogP contribution in [0.15, 0.2) is 9.52 Å². The molecule has 2 aliphatic carbocycles. The van der Waals surface area contributed by atoms with Crippen molar-refractivity contribution in [3.63, 3.8) is 0 Å². The van der Waals surface area contributed by atoms with E-state index in [1.807, 2.05) is 20.9 Å². The summed E-state index contributed by atoms with van der Waals surface area (Å²) in [4.78, 5) is 4.42. The Morgan fingerprint density at radius 1 is 1.31 bits per heavy atom. The fraction of sp³-hybridized carbons (Fsp3) is 0.789. The van der Waals surface area contributed by atoms with Crippen LogP contribution in [0, 0.1) is 19.3 Å². The van der Waals surface area contributed by atoms with Gasteiger partial charge in [0.1, 0.15) is 5.76 Å². The Morgan fingerprint density at radius 2 is 2.04 bits per heavy atom. The van der Waals surface area contributed by atoms with E-state index in [2.05, 4.69) is 27.7 Å². The molecule has 0 saturated heterocycles. The van der Waals surface area contributed by atoms with Gasteiger partial charge in [0.05, 0.1) is 11.8 Å². The first-order valence-electron chi connectivity index (χ1n) is 9.61. The number of ether oxygens (including phenoxy) is 1. The smallest absolute Gasteiger partial charge is 0.191 e. The van der Waals surface area contributed by atoms with Crippen molar-refractivity contribution in [1.29, 1.82) is 0 Å². The van der Waals surface area contributed by atoms with Crippen LogP contribution in [0.4, 0.5) is 0 Å². The Labute approximate surface area is 173 Å². The van der Waals surface area contributed by atoms with Crippen LogP contribution in [0.5, 0.6) is 0 Å². The molecule has 7 heteroatoms. The third-order valence-electron chi connectivity index (χ3n) is 6.09. The minimum Gasteiger partial charge on any atom is -0.378 e. The summed E-state index contributed by atoms with van der Waals surface area (Å²) in [5.41, 5.74) is 2.33. The number of guanidine groups is 1. The molecule has 1 spiro atoms. The second-order valence-electron chi connectivity index (χ2n) is 7.40. The van der Waals surface area contributed by atoms with Crippen LogP contribution >= 0.6 is 24.0 Å². The van der Waals surface area contributed by atoms with Crippen LogP contribution in [0.3, 0.4) is 0 Å². The molecule has 0 amide bonds. The predicted molar refractivity (Wildman–Crippen MR) is 114 cm³/mol. The Balaban J connectivity index is 0.00000243. The van der Waals surface area contributed by atoms with Gasteiger partial charge < -0.3 is 19.9 Å². The lowest BCUT2D eigenvalue weighted by molar-refractivity contribution is -0.145. The fourth-order valence-corrected chi connectivity index (χ4v) is 4.55. The molecule has 26 heavy (non-hydrogen) atoms. The quantitative estimate of drug-likeness (QED) is 0.385. The second kappa shape index (κ2) is 9.39. The molecule has 1 aromatic rings. The number of aryl methyl sites for hydroxylation is 2. The molecule has 0 radical (unpaired) electrons. The monoisotopic (exact) mass is 476 g/mol. The van der Waals surface area contributed by atoms with E-state index in [9.17, 15) is 0 Å². The van der Waals surface area contributed by atoms with Crippen LogP contribution in [0.2, 0.25) is 0 Å². The highest BCUT2D eigenvalue weighted by Gasteiger charge is 2.55. The van der Waals surface area contributed by atoms with Gasteiger partial charge in [-0.1, -0.05) is 24.4 Å². The summed E-state index contributed by atoms with van der Waals surface area (Å²) in [6.45, 7) is 7.50. The van der Waals surface area contributed by atoms with Crippen molar-refractivity contribution in [2.45, 2.75) is 78.0 Å². The third kappa shape index (κ3) is 4.18. The van der Waals surface area contributed by atoms with E-state index in [0.717, 1.165) is 36.0 Å². The van der Waals surface area contributed by atoms with Crippen molar-refractivity contribution >= 4 is 29.9 Å². The Morgan fingerprint density at radius 3 is 2.62 bits per heavy atom. The number of rotatable bonds is 5. The molecule has 0 aliphatic heterocycles. The molecule has 2 N–H and O–H groups in total. The maximum Gasteiger partial charge on any atom is 0.191 e. The summed E-state index contributed by atoms with van der Waals surface area (Å²) in [6.07, 6.45) is 7.97. The highest BCUT2D eigenvalue weighted by Crippen LogP contribution is 2.53. The SMILES string of the molecule is CCOC1CC(NC(=NC)NCc2c(C)noc2C)C12CCCCC2.I. The molecule has 3 rings (SSSR count). The molecular weight excluding hydrogens is 443 g/mol. The summed E-state index contributed by atoms with van der Waals surface area (Å²) in [6, 6.07) is 0.445. The van der Waals surface area contributed by atoms with E-state index in [1.54, 1.807) is 0 Å². The van der Waals surface area contributed by atoms with Gasteiger partial charge in [-0.25, -0.2) is 0 Å². The van der Waals surface area contributed by atoms with E-state index < -0.39 is 0 Å². The van der Waals surface area contributed by atoms with Crippen LogP contribution in [-0.4, -0.2) is 36.9 Å². The molecule has 2 atom stereocenters. The summed E-state index contributed by atoms with van der Waals surface area (Å²) in [5, 5.41) is 11.1. The zero-order chi connectivity index (χ0) is 17.9. The summed E-state index contributed by atoms with van der Waals surface area (Å²) in [5.74, 6) is 1.72. The van der Waals surface area contributed by atoms with Crippen LogP contribution in [0.25, 0.3) is 0 Å². The van der Waals surface area contributed by atoms with Crippen molar-refractivity contribution < 1.29 is 9.26 Å². The average molecular weight is 476 g/mol. The Hall–Kier alpha value is -0.830. The van der Waals surface area contributed by atoms with Gasteiger partial charge >= 0.3 is 0 Å². The van der Waals surface area contributed by atoms with E-state index in [0.29, 0.717) is 18.7 Å². The molecule has 148 valence electrons. The molecule has 2 saturated carbocycles. The normalized spacial score (nSPS) is 24.7. The molecule has 2 aliphatic rings. The lowest BCUT2D eigenvalue weighted by atomic mass is 9.55. The first kappa shape index (κ1) is 21.5. The third-order valence-corrected chi connectivity index (χ3v) is 6.09. The Bertz CT molecular complexity index is 591. The first-order valence-corrected chi connectivity index (χ1v) is 9.61. The number of aromatic nitrogens is 1. The summed E-state index contributed by atoms with van der Waals surface area (Å²) < 4.78 is 11.3. The molecule has 2 fully saturated rings. The van der Waals surface area contributed by atoms with E-state index >= 15 is 0 Å². The fourth-order valence-electron chi connectivity index (χ4n) is 4.55. The lowest BCUT2D eigenvalue weighted by Gasteiger charge is -2.57. The zero-order valence-electron chi connectivity index (χ0n) is 16.4. The van der Waals surface area contributed by atoms with Gasteiger partial charge in [0.15, 0.2) is 5.96 Å². The summed E-state index contributed by atoms with van der Waals surface area (Å²) >= 11 is 0. The molecule has 0 bridgehead atoms. The van der Waals surface area contributed by atoms with Gasteiger partial charge in [0.25, 0.3) is 0 Å². The molecule has 6 nitrogen and oxygen atoms in total. The van der Waals surface area contributed by atoms with Gasteiger partial charge in [0, 0.05) is 37.2 Å². The van der Waals surface area contributed by atoms with Crippen molar-refractivity contribution in [3.8, 4) is 0 Å². The van der Waals surface area contributed by atoms with Gasteiger partial charge in [-0.2, -0.15) is 0 Å². The highest BCUT2D eigenvalue weighted by atomic mass is 127. The van der Waals surface area contributed by atoms with Crippen molar-refractivity contribution in [2.75, 3.05) is 13.7 Å². The van der Waals surface area contributed by atoms with Crippen LogP contribution in [0.1, 0.15) is 62.5 Å². The van der Waals surface area contributed by atoms with E-state index in [1.165, 1.54) is 32.1 Å². The minimum absolute atomic E-state index is 0. The number of hydrogen-bond acceptors (Lipinski definition) is 4. The van der Waals surface area contributed by atoms with Crippen LogP contribution in [-0.2, 0) is 11.3 Å². The molecule has 1 heterocycles. The zero-order valence-corrected chi connectivity index (χ0v) is 18.8. The van der Waals surface area contributed by atoms with Gasteiger partial charge in [-0.3, -0.25) is 4.99 Å². The number of nitrogens with zero attached hydrogens (tertiary/aromatic N) is 2. The number of nitrogens with one attached hydrogen (secondary N) is 2. The molecule has 2 unspecified atom stereocenters. The van der Waals surface area contributed by atoms with E-state index in [4.69, 9.17) is 9.26 Å². The molecule has 0 aromatic carbocycles. The maximum atomic E-state index is 6.05. The molecule has 1 aromatic heterocycles. The average Bonchev–Trinajstić information content (AvgIpc) is 2.95. The highest BCUT2D eigenvalue weighted by molar-refractivity contribution is 14.0. The standard InChI is InChI=1S/C19H32N4O2.HI/c1-5-24-17-11-16(19(17)9-7-6-8-10-19)22-18(20-4)21-12-15-13(2)23-25-14(15)3;/h16-17H,5-12H2,1-4H3,(H2,20,21,22);1H. The molecular formula is C19H33IN4O2. The maximum absolute atomic E-state index is 6.05. The van der Waals surface area contributed by atoms with Crippen LogP contribution < -0.4 is 10.6 Å². The van der Waals surface area contributed by atoms with Crippen molar-refractivity contribution in [3.05, 3.63) is 17.0 Å². The summed E-state index contributed by atoms with van der Waals surface area (Å²) in [7, 11) is 1.83. The number of hydrogen-bond donors (Lipinski definition) is 2. The van der Waals surface area contributed by atoms with Crippen molar-refractivity contribution in [1.82, 2.24) is 15.8 Å². The number of halogens is 1. The van der Waals surface area contributed by atoms with Crippen molar-refractivity contribution in [2.24, 2.45) is 10.4 Å². The predicted octanol–water partition coefficient (Wildman–Crippen LogP) is 3.70. The minimum atomic E-state index is 0. The number of aliphatic imine (C=N–C) groups is 1. The van der Waals surface area contributed by atoms with E-state index in [-0.39, 0.29) is 29.4 Å². The first-order chi connectivity index (χ1) is 12.1. The lowest BCUT2D eigenvalue weighted by Crippen LogP contribution is -2.66. The van der Waals surface area contributed by atoms with Gasteiger partial charge in [0.2, 0.25) is 0 Å². The topological polar surface area (TPSA) is 71.7 Å². The van der Waals surface area contributed by atoms with Gasteiger partial charge in [-0.15, -0.1) is 24.0 Å². The largest absolute Gasteiger partial charge is 0.378 e. The Kier molecular flexibility index (Phi) is 7.76. The second-order valence-corrected chi connectivity index (χ2v) is 7.40. The van der Waals surface area contributed by atoms with Gasteiger partial charge in [-0.05, 0) is 40.0 Å².